The second-order valence-electron chi connectivity index (χ2n) is 7.54. The van der Waals surface area contributed by atoms with Gasteiger partial charge in [-0.25, -0.2) is 0 Å². The first kappa shape index (κ1) is 16.0. The maximum atomic E-state index is 12.6. The number of carboxylic acids is 1. The fraction of sp³-hybridized carbons (Fsp3) is 0.706. The van der Waals surface area contributed by atoms with E-state index in [2.05, 4.69) is 18.9 Å². The number of carbonyl (C=O) groups excluding carboxylic acids is 1. The number of carbonyl (C=O) groups is 2. The Balaban J connectivity index is 1.70. The number of carboxylic acid groups (broad SMARTS) is 1. The van der Waals surface area contributed by atoms with Crippen LogP contribution in [0.2, 0.25) is 0 Å². The summed E-state index contributed by atoms with van der Waals surface area (Å²) in [5, 5.41) is 13.9. The molecule has 2 atom stereocenters. The molecule has 1 aromatic rings. The third-order valence-electron chi connectivity index (χ3n) is 5.32. The molecule has 2 fully saturated rings. The SMILES string of the molecule is Cc1nn(CC(C)C)c(C)c1CC(=O)N1CC2CC2(C(=O)O)C1. The van der Waals surface area contributed by atoms with Crippen LogP contribution in [0, 0.1) is 31.1 Å². The van der Waals surface area contributed by atoms with Crippen LogP contribution in [-0.4, -0.2) is 44.8 Å². The number of amides is 1. The van der Waals surface area contributed by atoms with E-state index in [1.165, 1.54) is 0 Å². The summed E-state index contributed by atoms with van der Waals surface area (Å²) >= 11 is 0. The standard InChI is InChI=1S/C17H25N3O3/c1-10(2)7-20-12(4)14(11(3)18-20)5-15(21)19-8-13-6-17(13,9-19)16(22)23/h10,13H,5-9H2,1-4H3,(H,22,23). The lowest BCUT2D eigenvalue weighted by Gasteiger charge is -2.19. The van der Waals surface area contributed by atoms with Crippen molar-refractivity contribution in [3.63, 3.8) is 0 Å². The van der Waals surface area contributed by atoms with Gasteiger partial charge in [0.25, 0.3) is 0 Å². The molecule has 1 N–H and O–H groups in total. The lowest BCUT2D eigenvalue weighted by molar-refractivity contribution is -0.144. The smallest absolute Gasteiger partial charge is 0.311 e. The minimum atomic E-state index is -0.755. The van der Waals surface area contributed by atoms with Crippen LogP contribution in [-0.2, 0) is 22.6 Å². The molecule has 0 bridgehead atoms. The number of nitrogens with zero attached hydrogens (tertiary/aromatic N) is 3. The van der Waals surface area contributed by atoms with Crippen molar-refractivity contribution in [2.24, 2.45) is 17.3 Å². The quantitative estimate of drug-likeness (QED) is 0.895. The number of aliphatic carboxylic acids is 1. The average Bonchev–Trinajstić information content (AvgIpc) is 2.94. The van der Waals surface area contributed by atoms with Crippen LogP contribution in [0.3, 0.4) is 0 Å². The van der Waals surface area contributed by atoms with Crippen LogP contribution in [0.1, 0.15) is 37.2 Å². The van der Waals surface area contributed by atoms with Crippen molar-refractivity contribution in [3.05, 3.63) is 17.0 Å². The van der Waals surface area contributed by atoms with Crippen LogP contribution < -0.4 is 0 Å². The number of hydrogen-bond acceptors (Lipinski definition) is 3. The summed E-state index contributed by atoms with van der Waals surface area (Å²) < 4.78 is 1.98. The number of rotatable bonds is 5. The fourth-order valence-corrected chi connectivity index (χ4v) is 3.78. The van der Waals surface area contributed by atoms with Gasteiger partial charge < -0.3 is 10.0 Å². The molecule has 0 spiro atoms. The van der Waals surface area contributed by atoms with E-state index in [1.807, 2.05) is 18.5 Å². The number of aryl methyl sites for hydroxylation is 1. The summed E-state index contributed by atoms with van der Waals surface area (Å²) in [6, 6.07) is 0. The fourth-order valence-electron chi connectivity index (χ4n) is 3.78. The Morgan fingerprint density at radius 3 is 2.65 bits per heavy atom. The van der Waals surface area contributed by atoms with E-state index in [-0.39, 0.29) is 11.8 Å². The first-order chi connectivity index (χ1) is 10.7. The molecule has 6 heteroatoms. The highest BCUT2D eigenvalue weighted by atomic mass is 16.4. The van der Waals surface area contributed by atoms with Gasteiger partial charge in [-0.2, -0.15) is 5.10 Å². The molecular formula is C17H25N3O3. The lowest BCUT2D eigenvalue weighted by Crippen LogP contribution is -2.35. The van der Waals surface area contributed by atoms with Crippen molar-refractivity contribution >= 4 is 11.9 Å². The van der Waals surface area contributed by atoms with E-state index in [1.54, 1.807) is 4.90 Å². The molecule has 6 nitrogen and oxygen atoms in total. The minimum Gasteiger partial charge on any atom is -0.481 e. The maximum Gasteiger partial charge on any atom is 0.311 e. The van der Waals surface area contributed by atoms with E-state index < -0.39 is 11.4 Å². The summed E-state index contributed by atoms with van der Waals surface area (Å²) in [6.07, 6.45) is 1.04. The van der Waals surface area contributed by atoms with Gasteiger partial charge in [-0.05, 0) is 32.1 Å². The van der Waals surface area contributed by atoms with Crippen LogP contribution in [0.5, 0.6) is 0 Å². The highest BCUT2D eigenvalue weighted by molar-refractivity contribution is 5.84. The van der Waals surface area contributed by atoms with E-state index >= 15 is 0 Å². The van der Waals surface area contributed by atoms with Gasteiger partial charge in [0.2, 0.25) is 5.91 Å². The zero-order valence-corrected chi connectivity index (χ0v) is 14.3. The summed E-state index contributed by atoms with van der Waals surface area (Å²) in [5.41, 5.74) is 2.28. The Morgan fingerprint density at radius 1 is 1.39 bits per heavy atom. The van der Waals surface area contributed by atoms with Gasteiger partial charge in [0.1, 0.15) is 0 Å². The van der Waals surface area contributed by atoms with Gasteiger partial charge in [-0.15, -0.1) is 0 Å². The molecule has 126 valence electrons. The molecule has 0 radical (unpaired) electrons. The number of piperidine rings is 1. The zero-order valence-electron chi connectivity index (χ0n) is 14.3. The van der Waals surface area contributed by atoms with Crippen molar-refractivity contribution in [1.82, 2.24) is 14.7 Å². The molecule has 0 aromatic carbocycles. The number of likely N-dealkylation sites (tertiary alicyclic amines) is 1. The molecule has 1 aromatic heterocycles. The van der Waals surface area contributed by atoms with E-state index in [9.17, 15) is 14.7 Å². The molecule has 1 saturated heterocycles. The van der Waals surface area contributed by atoms with Crippen molar-refractivity contribution in [2.75, 3.05) is 13.1 Å². The molecule has 23 heavy (non-hydrogen) atoms. The maximum absolute atomic E-state index is 12.6. The number of aromatic nitrogens is 2. The van der Waals surface area contributed by atoms with E-state index in [0.717, 1.165) is 29.9 Å². The predicted molar refractivity (Wildman–Crippen MR) is 85.0 cm³/mol. The second-order valence-corrected chi connectivity index (χ2v) is 7.54. The Bertz CT molecular complexity index is 664. The molecule has 1 saturated carbocycles. The Morgan fingerprint density at radius 2 is 2.09 bits per heavy atom. The van der Waals surface area contributed by atoms with E-state index in [4.69, 9.17) is 0 Å². The van der Waals surface area contributed by atoms with Gasteiger partial charge in [0, 0.05) is 30.9 Å². The normalized spacial score (nSPS) is 25.8. The average molecular weight is 319 g/mol. The largest absolute Gasteiger partial charge is 0.481 e. The Labute approximate surface area is 136 Å². The summed E-state index contributed by atoms with van der Waals surface area (Å²) in [7, 11) is 0. The highest BCUT2D eigenvalue weighted by Crippen LogP contribution is 2.57. The van der Waals surface area contributed by atoms with Gasteiger partial charge >= 0.3 is 5.97 Å². The first-order valence-electron chi connectivity index (χ1n) is 8.28. The van der Waals surface area contributed by atoms with Crippen molar-refractivity contribution in [3.8, 4) is 0 Å². The highest BCUT2D eigenvalue weighted by Gasteiger charge is 2.66. The minimum absolute atomic E-state index is 0.0214. The summed E-state index contributed by atoms with van der Waals surface area (Å²) in [4.78, 5) is 25.7. The van der Waals surface area contributed by atoms with Crippen LogP contribution in [0.4, 0.5) is 0 Å². The van der Waals surface area contributed by atoms with Gasteiger partial charge in [-0.3, -0.25) is 14.3 Å². The lowest BCUT2D eigenvalue weighted by atomic mass is 10.1. The second kappa shape index (κ2) is 5.35. The Kier molecular flexibility index (Phi) is 3.73. The van der Waals surface area contributed by atoms with Gasteiger partial charge in [-0.1, -0.05) is 13.8 Å². The molecule has 2 aliphatic rings. The molecule has 2 heterocycles. The predicted octanol–water partition coefficient (Wildman–Crippen LogP) is 1.63. The summed E-state index contributed by atoms with van der Waals surface area (Å²) in [5.74, 6) is -0.0875. The molecule has 2 unspecified atom stereocenters. The molecule has 1 amide bonds. The van der Waals surface area contributed by atoms with Gasteiger partial charge in [0.05, 0.1) is 17.5 Å². The van der Waals surface area contributed by atoms with Crippen LogP contribution in [0.15, 0.2) is 0 Å². The number of hydrogen-bond donors (Lipinski definition) is 1. The van der Waals surface area contributed by atoms with Crippen molar-refractivity contribution in [2.45, 2.75) is 47.1 Å². The van der Waals surface area contributed by atoms with Gasteiger partial charge in [0.15, 0.2) is 0 Å². The molecule has 1 aliphatic heterocycles. The third-order valence-corrected chi connectivity index (χ3v) is 5.32. The summed E-state index contributed by atoms with van der Waals surface area (Å²) in [6.45, 7) is 10.0. The van der Waals surface area contributed by atoms with Crippen LogP contribution in [0.25, 0.3) is 0 Å². The Hall–Kier alpha value is -1.85. The monoisotopic (exact) mass is 319 g/mol. The molecular weight excluding hydrogens is 294 g/mol. The van der Waals surface area contributed by atoms with Crippen molar-refractivity contribution in [1.29, 1.82) is 0 Å². The van der Waals surface area contributed by atoms with E-state index in [0.29, 0.717) is 25.4 Å². The van der Waals surface area contributed by atoms with Crippen LogP contribution >= 0.6 is 0 Å². The third kappa shape index (κ3) is 2.64. The topological polar surface area (TPSA) is 75.4 Å². The molecule has 3 rings (SSSR count). The number of fused-ring (bicyclic) bond motifs is 1. The van der Waals surface area contributed by atoms with Crippen molar-refractivity contribution < 1.29 is 14.7 Å². The molecule has 1 aliphatic carbocycles. The zero-order chi connectivity index (χ0) is 16.9. The first-order valence-corrected chi connectivity index (χ1v) is 8.28.